The average molecular weight is 696 g/mol. The van der Waals surface area contributed by atoms with Gasteiger partial charge in [-0.15, -0.1) is 0 Å². The predicted octanol–water partition coefficient (Wildman–Crippen LogP) is 7.59. The van der Waals surface area contributed by atoms with Gasteiger partial charge in [0, 0.05) is 41.8 Å². The third-order valence-corrected chi connectivity index (χ3v) is 9.52. The molecule has 0 radical (unpaired) electrons. The van der Waals surface area contributed by atoms with Gasteiger partial charge in [-0.3, -0.25) is 9.29 Å². The van der Waals surface area contributed by atoms with Crippen LogP contribution in [0.15, 0.2) is 79.1 Å². The second kappa shape index (κ2) is 12.9. The highest BCUT2D eigenvalue weighted by Gasteiger charge is 2.28. The molecule has 248 valence electrons. The minimum Gasteiger partial charge on any atom is -0.497 e. The lowest BCUT2D eigenvalue weighted by atomic mass is 10.0. The first-order valence-electron chi connectivity index (χ1n) is 14.6. The number of anilines is 1. The van der Waals surface area contributed by atoms with E-state index >= 15 is 0 Å². The fourth-order valence-electron chi connectivity index (χ4n) is 5.53. The van der Waals surface area contributed by atoms with E-state index in [0.717, 1.165) is 27.8 Å². The van der Waals surface area contributed by atoms with Crippen molar-refractivity contribution >= 4 is 49.0 Å². The van der Waals surface area contributed by atoms with Gasteiger partial charge in [-0.1, -0.05) is 35.9 Å². The van der Waals surface area contributed by atoms with Gasteiger partial charge in [0.2, 0.25) is 15.9 Å². The molecular weight excluding hydrogens is 667 g/mol. The zero-order valence-corrected chi connectivity index (χ0v) is 27.5. The van der Waals surface area contributed by atoms with Crippen LogP contribution in [0.1, 0.15) is 22.3 Å². The number of halogens is 4. The fourth-order valence-corrected chi connectivity index (χ4v) is 6.24. The van der Waals surface area contributed by atoms with E-state index in [1.807, 2.05) is 12.1 Å². The van der Waals surface area contributed by atoms with Gasteiger partial charge in [0.05, 0.1) is 36.0 Å². The van der Waals surface area contributed by atoms with Crippen LogP contribution in [0, 0.1) is 17.5 Å². The molecule has 0 aliphatic carbocycles. The molecule has 0 atom stereocenters. The Labute approximate surface area is 279 Å². The number of aromatic nitrogens is 2. The standard InChI is InChI=1S/C35H29ClF3N3O5S/c1-41(48(3,44)45)33-26-13-22(12-20-4-8-24(37)9-5-20)16-40-32(26)34(47-19-21-6-10-25(46-2)11-7-21)31-27(33)18-42(35(31)43)17-23-14-28(36)30(39)15-29(23)38/h4-11,13-16,18,43H,12,17,19H2,1-3H3. The third-order valence-electron chi connectivity index (χ3n) is 8.05. The average Bonchev–Trinajstić information content (AvgIpc) is 3.37. The van der Waals surface area contributed by atoms with Gasteiger partial charge in [0.15, 0.2) is 5.75 Å². The van der Waals surface area contributed by atoms with Crippen molar-refractivity contribution in [2.75, 3.05) is 24.7 Å². The summed E-state index contributed by atoms with van der Waals surface area (Å²) in [7, 11) is -0.937. The van der Waals surface area contributed by atoms with E-state index in [-0.39, 0.29) is 63.2 Å². The molecule has 0 aliphatic rings. The number of hydrogen-bond donors (Lipinski definition) is 1. The maximum Gasteiger partial charge on any atom is 0.232 e. The highest BCUT2D eigenvalue weighted by Crippen LogP contribution is 2.48. The van der Waals surface area contributed by atoms with Gasteiger partial charge in [0.1, 0.15) is 35.3 Å². The molecular formula is C35H29ClF3N3O5S. The molecule has 0 aliphatic heterocycles. The Morgan fingerprint density at radius 3 is 2.29 bits per heavy atom. The maximum absolute atomic E-state index is 14.8. The van der Waals surface area contributed by atoms with Crippen molar-refractivity contribution in [2.24, 2.45) is 0 Å². The minimum absolute atomic E-state index is 0.0139. The SMILES string of the molecule is COc1ccc(COc2c3ncc(Cc4ccc(F)cc4)cc3c(N(C)S(C)(=O)=O)c3cn(Cc4cc(Cl)c(F)cc4F)c(O)c23)cc1. The number of sulfonamides is 1. The highest BCUT2D eigenvalue weighted by molar-refractivity contribution is 7.92. The van der Waals surface area contributed by atoms with E-state index in [1.54, 1.807) is 43.6 Å². The van der Waals surface area contributed by atoms with E-state index < -0.39 is 21.7 Å². The van der Waals surface area contributed by atoms with Gasteiger partial charge in [0.25, 0.3) is 0 Å². The van der Waals surface area contributed by atoms with Crippen molar-refractivity contribution in [3.8, 4) is 17.4 Å². The van der Waals surface area contributed by atoms with E-state index in [1.165, 1.54) is 29.9 Å². The van der Waals surface area contributed by atoms with Crippen LogP contribution >= 0.6 is 11.6 Å². The molecule has 2 aromatic heterocycles. The largest absolute Gasteiger partial charge is 0.497 e. The molecule has 6 rings (SSSR count). The van der Waals surface area contributed by atoms with Crippen LogP contribution in [0.5, 0.6) is 17.4 Å². The fraction of sp³-hybridized carbons (Fsp3) is 0.171. The number of methoxy groups -OCH3 is 1. The molecule has 4 aromatic carbocycles. The van der Waals surface area contributed by atoms with Crippen LogP contribution in [0.4, 0.5) is 18.9 Å². The number of ether oxygens (including phenoxy) is 2. The lowest BCUT2D eigenvalue weighted by molar-refractivity contribution is 0.311. The molecule has 0 amide bonds. The van der Waals surface area contributed by atoms with E-state index in [0.29, 0.717) is 29.2 Å². The van der Waals surface area contributed by atoms with Crippen molar-refractivity contribution in [3.63, 3.8) is 0 Å². The summed E-state index contributed by atoms with van der Waals surface area (Å²) in [5.74, 6) is -1.74. The molecule has 0 bridgehead atoms. The zero-order chi connectivity index (χ0) is 34.3. The molecule has 2 heterocycles. The van der Waals surface area contributed by atoms with E-state index in [2.05, 4.69) is 0 Å². The Balaban J connectivity index is 1.59. The summed E-state index contributed by atoms with van der Waals surface area (Å²) >= 11 is 5.94. The molecule has 6 aromatic rings. The summed E-state index contributed by atoms with van der Waals surface area (Å²) in [6.07, 6.45) is 4.49. The quantitative estimate of drug-likeness (QED) is 0.149. The lowest BCUT2D eigenvalue weighted by Gasteiger charge is -2.22. The number of nitrogens with zero attached hydrogens (tertiary/aromatic N) is 3. The number of benzene rings is 4. The van der Waals surface area contributed by atoms with Crippen LogP contribution in [0.3, 0.4) is 0 Å². The molecule has 0 saturated heterocycles. The summed E-state index contributed by atoms with van der Waals surface area (Å²) in [6, 6.07) is 16.7. The van der Waals surface area contributed by atoms with Gasteiger partial charge in [-0.25, -0.2) is 21.6 Å². The van der Waals surface area contributed by atoms with Crippen molar-refractivity contribution < 1.29 is 36.2 Å². The number of aromatic hydroxyl groups is 1. The Kier molecular flexibility index (Phi) is 8.88. The van der Waals surface area contributed by atoms with Crippen LogP contribution < -0.4 is 13.8 Å². The summed E-state index contributed by atoms with van der Waals surface area (Å²) < 4.78 is 82.4. The Hall–Kier alpha value is -4.94. The maximum atomic E-state index is 14.8. The van der Waals surface area contributed by atoms with Gasteiger partial charge >= 0.3 is 0 Å². The summed E-state index contributed by atoms with van der Waals surface area (Å²) in [4.78, 5) is 4.70. The van der Waals surface area contributed by atoms with Crippen molar-refractivity contribution in [1.29, 1.82) is 0 Å². The summed E-state index contributed by atoms with van der Waals surface area (Å²) in [5.41, 5.74) is 2.71. The Bertz CT molecular complexity index is 2280. The van der Waals surface area contributed by atoms with Crippen molar-refractivity contribution in [2.45, 2.75) is 19.6 Å². The Morgan fingerprint density at radius 1 is 0.938 bits per heavy atom. The molecule has 48 heavy (non-hydrogen) atoms. The van der Waals surface area contributed by atoms with Gasteiger partial charge in [-0.2, -0.15) is 0 Å². The second-order valence-corrected chi connectivity index (χ2v) is 13.7. The summed E-state index contributed by atoms with van der Waals surface area (Å²) in [5, 5.41) is 12.2. The monoisotopic (exact) mass is 695 g/mol. The van der Waals surface area contributed by atoms with E-state index in [4.69, 9.17) is 26.1 Å². The van der Waals surface area contributed by atoms with Crippen LogP contribution in [0.25, 0.3) is 21.7 Å². The van der Waals surface area contributed by atoms with Crippen LogP contribution in [-0.2, 0) is 29.6 Å². The molecule has 0 unspecified atom stereocenters. The normalized spacial score (nSPS) is 11.7. The summed E-state index contributed by atoms with van der Waals surface area (Å²) in [6.45, 7) is -0.229. The smallest absolute Gasteiger partial charge is 0.232 e. The topological polar surface area (TPSA) is 93.9 Å². The first kappa shape index (κ1) is 33.0. The number of pyridine rings is 1. The first-order valence-corrected chi connectivity index (χ1v) is 16.8. The Morgan fingerprint density at radius 2 is 1.62 bits per heavy atom. The van der Waals surface area contributed by atoms with Crippen LogP contribution in [-0.4, -0.2) is 43.5 Å². The molecule has 0 spiro atoms. The van der Waals surface area contributed by atoms with Crippen molar-refractivity contribution in [1.82, 2.24) is 9.55 Å². The molecule has 0 saturated carbocycles. The number of hydrogen-bond acceptors (Lipinski definition) is 6. The minimum atomic E-state index is -3.87. The van der Waals surface area contributed by atoms with Gasteiger partial charge < -0.3 is 19.1 Å². The predicted molar refractivity (Wildman–Crippen MR) is 179 cm³/mol. The first-order chi connectivity index (χ1) is 22.8. The van der Waals surface area contributed by atoms with Gasteiger partial charge in [-0.05, 0) is 59.5 Å². The molecule has 0 fully saturated rings. The third kappa shape index (κ3) is 6.45. The second-order valence-electron chi connectivity index (χ2n) is 11.3. The van der Waals surface area contributed by atoms with Crippen molar-refractivity contribution in [3.05, 3.63) is 124 Å². The molecule has 1 N–H and O–H groups in total. The lowest BCUT2D eigenvalue weighted by Crippen LogP contribution is -2.25. The molecule has 8 nitrogen and oxygen atoms in total. The number of rotatable bonds is 10. The highest BCUT2D eigenvalue weighted by atomic mass is 35.5. The van der Waals surface area contributed by atoms with E-state index in [9.17, 15) is 26.7 Å². The number of fused-ring (bicyclic) bond motifs is 2. The molecule has 13 heteroatoms. The van der Waals surface area contributed by atoms with Crippen LogP contribution in [0.2, 0.25) is 5.02 Å². The zero-order valence-electron chi connectivity index (χ0n) is 26.0.